The molecule has 1 unspecified atom stereocenters. The maximum atomic E-state index is 12.3. The van der Waals surface area contributed by atoms with E-state index in [4.69, 9.17) is 4.74 Å². The first-order valence-corrected chi connectivity index (χ1v) is 6.44. The van der Waals surface area contributed by atoms with Crippen molar-refractivity contribution in [2.75, 3.05) is 6.54 Å². The summed E-state index contributed by atoms with van der Waals surface area (Å²) in [6.45, 7) is 6.59. The second-order valence-corrected chi connectivity index (χ2v) is 5.92. The molecule has 1 aliphatic heterocycles. The molecule has 1 heterocycles. The van der Waals surface area contributed by atoms with Gasteiger partial charge in [-0.3, -0.25) is 4.79 Å². The van der Waals surface area contributed by atoms with Crippen molar-refractivity contribution in [3.63, 3.8) is 0 Å². The number of nitrogens with one attached hydrogen (secondary N) is 1. The minimum Gasteiger partial charge on any atom is -0.459 e. The number of hydrogen-bond donors (Lipinski definition) is 1. The molecule has 0 aromatic heterocycles. The molecule has 1 fully saturated rings. The van der Waals surface area contributed by atoms with Gasteiger partial charge in [0.15, 0.2) is 0 Å². The smallest absolute Gasteiger partial charge is 0.327 e. The summed E-state index contributed by atoms with van der Waals surface area (Å²) >= 11 is 0. The van der Waals surface area contributed by atoms with Crippen molar-refractivity contribution in [1.29, 1.82) is 0 Å². The predicted octanol–water partition coefficient (Wildman–Crippen LogP) is 2.30. The first-order valence-electron chi connectivity index (χ1n) is 6.44. The molecule has 0 saturated carbocycles. The first-order chi connectivity index (χ1) is 8.41. The van der Waals surface area contributed by atoms with Gasteiger partial charge in [-0.2, -0.15) is 0 Å². The molecule has 2 rings (SSSR count). The highest BCUT2D eigenvalue weighted by Crippen LogP contribution is 2.27. The van der Waals surface area contributed by atoms with Gasteiger partial charge in [0.2, 0.25) is 0 Å². The van der Waals surface area contributed by atoms with Crippen molar-refractivity contribution in [3.8, 4) is 0 Å². The van der Waals surface area contributed by atoms with E-state index < -0.39 is 11.1 Å². The van der Waals surface area contributed by atoms with E-state index in [1.54, 1.807) is 0 Å². The maximum Gasteiger partial charge on any atom is 0.327 e. The van der Waals surface area contributed by atoms with Gasteiger partial charge in [-0.25, -0.2) is 0 Å². The Labute approximate surface area is 109 Å². The van der Waals surface area contributed by atoms with E-state index in [1.807, 2.05) is 51.1 Å². The molecule has 0 radical (unpaired) electrons. The van der Waals surface area contributed by atoms with E-state index in [2.05, 4.69) is 5.32 Å². The Hall–Kier alpha value is -1.35. The van der Waals surface area contributed by atoms with Gasteiger partial charge >= 0.3 is 5.97 Å². The van der Waals surface area contributed by atoms with Gasteiger partial charge in [-0.05, 0) is 39.3 Å². The van der Waals surface area contributed by atoms with E-state index in [1.165, 1.54) is 0 Å². The normalized spacial score (nSPS) is 23.3. The molecule has 98 valence electrons. The average molecular weight is 247 g/mol. The van der Waals surface area contributed by atoms with Crippen molar-refractivity contribution < 1.29 is 9.53 Å². The zero-order valence-corrected chi connectivity index (χ0v) is 11.3. The second kappa shape index (κ2) is 4.73. The van der Waals surface area contributed by atoms with Crippen LogP contribution in [0.2, 0.25) is 0 Å². The van der Waals surface area contributed by atoms with Crippen LogP contribution in [0.25, 0.3) is 0 Å². The Bertz CT molecular complexity index is 416. The molecule has 0 amide bonds. The van der Waals surface area contributed by atoms with Crippen molar-refractivity contribution in [2.24, 2.45) is 0 Å². The van der Waals surface area contributed by atoms with Crippen molar-refractivity contribution in [1.82, 2.24) is 5.32 Å². The molecule has 1 saturated heterocycles. The van der Waals surface area contributed by atoms with Crippen LogP contribution in [0.15, 0.2) is 30.3 Å². The molecule has 0 spiro atoms. The van der Waals surface area contributed by atoms with Gasteiger partial charge in [0.1, 0.15) is 11.1 Å². The second-order valence-electron chi connectivity index (χ2n) is 5.92. The standard InChI is InChI=1S/C15H21NO2/c1-14(2,3)18-13(17)15(9-10-16-15)11-12-7-5-4-6-8-12/h4-8,16H,9-11H2,1-3H3. The first kappa shape index (κ1) is 13.1. The zero-order valence-electron chi connectivity index (χ0n) is 11.3. The molecule has 1 aromatic carbocycles. The summed E-state index contributed by atoms with van der Waals surface area (Å²) < 4.78 is 5.52. The average Bonchev–Trinajstić information content (AvgIpc) is 2.22. The van der Waals surface area contributed by atoms with E-state index >= 15 is 0 Å². The van der Waals surface area contributed by atoms with Crippen LogP contribution in [0.3, 0.4) is 0 Å². The molecule has 1 aliphatic rings. The molecule has 3 nitrogen and oxygen atoms in total. The monoisotopic (exact) mass is 247 g/mol. The molecule has 0 aliphatic carbocycles. The van der Waals surface area contributed by atoms with Crippen molar-refractivity contribution >= 4 is 5.97 Å². The Morgan fingerprint density at radius 3 is 2.39 bits per heavy atom. The zero-order chi connectivity index (χ0) is 13.2. The Morgan fingerprint density at radius 2 is 1.94 bits per heavy atom. The number of hydrogen-bond acceptors (Lipinski definition) is 3. The van der Waals surface area contributed by atoms with Gasteiger partial charge in [-0.15, -0.1) is 0 Å². The maximum absolute atomic E-state index is 12.3. The lowest BCUT2D eigenvalue weighted by Crippen LogP contribution is -2.65. The van der Waals surface area contributed by atoms with Crippen LogP contribution in [-0.4, -0.2) is 23.7 Å². The largest absolute Gasteiger partial charge is 0.459 e. The van der Waals surface area contributed by atoms with E-state index in [0.29, 0.717) is 6.42 Å². The minimum absolute atomic E-state index is 0.134. The van der Waals surface area contributed by atoms with Crippen LogP contribution < -0.4 is 5.32 Å². The number of carbonyl (C=O) groups excluding carboxylic acids is 1. The quantitative estimate of drug-likeness (QED) is 0.833. The summed E-state index contributed by atoms with van der Waals surface area (Å²) in [4.78, 5) is 12.3. The van der Waals surface area contributed by atoms with Crippen LogP contribution in [0.5, 0.6) is 0 Å². The van der Waals surface area contributed by atoms with Crippen LogP contribution >= 0.6 is 0 Å². The van der Waals surface area contributed by atoms with Crippen LogP contribution in [0.1, 0.15) is 32.8 Å². The summed E-state index contributed by atoms with van der Waals surface area (Å²) in [6.07, 6.45) is 1.54. The fourth-order valence-electron chi connectivity index (χ4n) is 2.14. The van der Waals surface area contributed by atoms with Crippen molar-refractivity contribution in [2.45, 2.75) is 44.8 Å². The Kier molecular flexibility index (Phi) is 3.44. The van der Waals surface area contributed by atoms with E-state index in [-0.39, 0.29) is 5.97 Å². The third kappa shape index (κ3) is 2.91. The molecular formula is C15H21NO2. The minimum atomic E-state index is -0.519. The highest BCUT2D eigenvalue weighted by molar-refractivity contribution is 5.83. The SMILES string of the molecule is CC(C)(C)OC(=O)C1(Cc2ccccc2)CCN1. The number of ether oxygens (including phenoxy) is 1. The lowest BCUT2D eigenvalue weighted by Gasteiger charge is -2.42. The number of rotatable bonds is 3. The van der Waals surface area contributed by atoms with Crippen molar-refractivity contribution in [3.05, 3.63) is 35.9 Å². The summed E-state index contributed by atoms with van der Waals surface area (Å²) in [5.41, 5.74) is 0.211. The molecule has 0 bridgehead atoms. The van der Waals surface area contributed by atoms with Gasteiger partial charge in [0.25, 0.3) is 0 Å². The highest BCUT2D eigenvalue weighted by atomic mass is 16.6. The molecular weight excluding hydrogens is 226 g/mol. The van der Waals surface area contributed by atoms with Gasteiger partial charge < -0.3 is 10.1 Å². The fourth-order valence-corrected chi connectivity index (χ4v) is 2.14. The van der Waals surface area contributed by atoms with Crippen LogP contribution in [0, 0.1) is 0 Å². The predicted molar refractivity (Wildman–Crippen MR) is 71.3 cm³/mol. The van der Waals surface area contributed by atoms with E-state index in [9.17, 15) is 4.79 Å². The lowest BCUT2D eigenvalue weighted by atomic mass is 9.81. The molecule has 3 heteroatoms. The third-order valence-electron chi connectivity index (χ3n) is 3.15. The summed E-state index contributed by atoms with van der Waals surface area (Å²) in [5, 5.41) is 3.26. The number of benzene rings is 1. The molecule has 1 aromatic rings. The number of esters is 1. The Morgan fingerprint density at radius 1 is 1.33 bits per heavy atom. The van der Waals surface area contributed by atoms with Gasteiger partial charge in [0.05, 0.1) is 0 Å². The van der Waals surface area contributed by atoms with Gasteiger partial charge in [0, 0.05) is 6.42 Å². The number of carbonyl (C=O) groups is 1. The summed E-state index contributed by atoms with van der Waals surface area (Å²) in [5.74, 6) is -0.134. The lowest BCUT2D eigenvalue weighted by molar-refractivity contribution is -0.166. The van der Waals surface area contributed by atoms with Gasteiger partial charge in [-0.1, -0.05) is 30.3 Å². The third-order valence-corrected chi connectivity index (χ3v) is 3.15. The molecule has 1 atom stereocenters. The summed E-state index contributed by atoms with van der Waals surface area (Å²) in [7, 11) is 0. The highest BCUT2D eigenvalue weighted by Gasteiger charge is 2.46. The van der Waals surface area contributed by atoms with E-state index in [0.717, 1.165) is 18.5 Å². The van der Waals surface area contributed by atoms with Crippen LogP contribution in [-0.2, 0) is 16.0 Å². The Balaban J connectivity index is 2.09. The topological polar surface area (TPSA) is 38.3 Å². The molecule has 18 heavy (non-hydrogen) atoms. The van der Waals surface area contributed by atoms with Crippen LogP contribution in [0.4, 0.5) is 0 Å². The summed E-state index contributed by atoms with van der Waals surface area (Å²) in [6, 6.07) is 10.1. The fraction of sp³-hybridized carbons (Fsp3) is 0.533. The molecule has 1 N–H and O–H groups in total.